The average molecular weight is 233 g/mol. The van der Waals surface area contributed by atoms with E-state index < -0.39 is 0 Å². The smallest absolute Gasteiger partial charge is 0.231 e. The van der Waals surface area contributed by atoms with Gasteiger partial charge in [0.1, 0.15) is 0 Å². The highest BCUT2D eigenvalue weighted by Gasteiger charge is 2.22. The first-order valence-electron chi connectivity index (χ1n) is 5.95. The third-order valence-electron chi connectivity index (χ3n) is 3.26. The van der Waals surface area contributed by atoms with E-state index in [-0.39, 0.29) is 11.9 Å². The van der Waals surface area contributed by atoms with Crippen molar-refractivity contribution in [1.82, 2.24) is 10.2 Å². The number of nitrogens with one attached hydrogen (secondary N) is 1. The quantitative estimate of drug-likeness (QED) is 0.805. The Morgan fingerprint density at radius 2 is 2.29 bits per heavy atom. The van der Waals surface area contributed by atoms with Crippen molar-refractivity contribution in [3.05, 3.63) is 35.4 Å². The first-order chi connectivity index (χ1) is 8.18. The van der Waals surface area contributed by atoms with Gasteiger partial charge in [0.2, 0.25) is 5.91 Å². The number of likely N-dealkylation sites (N-methyl/N-ethyl adjacent to an activating group) is 1. The molecule has 4 heteroatoms. The van der Waals surface area contributed by atoms with Crippen LogP contribution < -0.4 is 11.1 Å². The van der Waals surface area contributed by atoms with Crippen molar-refractivity contribution in [2.45, 2.75) is 19.0 Å². The molecule has 1 atom stereocenters. The topological polar surface area (TPSA) is 58.4 Å². The summed E-state index contributed by atoms with van der Waals surface area (Å²) in [6.07, 6.45) is 1.00. The summed E-state index contributed by atoms with van der Waals surface area (Å²) in [5.74, 6) is -0.276. The number of hydrogen-bond donors (Lipinski definition) is 2. The van der Waals surface area contributed by atoms with E-state index >= 15 is 0 Å². The Hall–Kier alpha value is -1.39. The van der Waals surface area contributed by atoms with E-state index in [1.165, 1.54) is 11.1 Å². The molecule has 0 radical (unpaired) electrons. The lowest BCUT2D eigenvalue weighted by Crippen LogP contribution is -2.34. The summed E-state index contributed by atoms with van der Waals surface area (Å²) in [4.78, 5) is 13.1. The average Bonchev–Trinajstić information content (AvgIpc) is 2.50. The number of carbonyl (C=O) groups excluding carboxylic acids is 1. The molecule has 0 saturated heterocycles. The molecular formula is C13H19N3O. The summed E-state index contributed by atoms with van der Waals surface area (Å²) in [5.41, 5.74) is 7.88. The van der Waals surface area contributed by atoms with Crippen LogP contribution in [0.25, 0.3) is 0 Å². The number of benzene rings is 1. The van der Waals surface area contributed by atoms with E-state index in [1.54, 1.807) is 0 Å². The molecule has 0 aromatic heterocycles. The highest BCUT2D eigenvalue weighted by molar-refractivity contribution is 5.75. The molecule has 4 nitrogen and oxygen atoms in total. The van der Waals surface area contributed by atoms with Crippen LogP contribution in [0.2, 0.25) is 0 Å². The minimum Gasteiger partial charge on any atom is -0.369 e. The predicted molar refractivity (Wildman–Crippen MR) is 67.3 cm³/mol. The van der Waals surface area contributed by atoms with Gasteiger partial charge in [0.25, 0.3) is 0 Å². The van der Waals surface area contributed by atoms with Gasteiger partial charge in [-0.2, -0.15) is 0 Å². The number of hydrogen-bond acceptors (Lipinski definition) is 3. The van der Waals surface area contributed by atoms with Gasteiger partial charge in [0.05, 0.1) is 6.54 Å². The maximum atomic E-state index is 11.0. The SMILES string of the molecule is CN(CC(N)=O)C1CCNCc2ccccc21. The lowest BCUT2D eigenvalue weighted by atomic mass is 9.98. The van der Waals surface area contributed by atoms with Gasteiger partial charge in [-0.15, -0.1) is 0 Å². The molecule has 17 heavy (non-hydrogen) atoms. The predicted octanol–water partition coefficient (Wildman–Crippen LogP) is 0.638. The monoisotopic (exact) mass is 233 g/mol. The van der Waals surface area contributed by atoms with Gasteiger partial charge in [-0.1, -0.05) is 24.3 Å². The molecule has 1 aromatic carbocycles. The van der Waals surface area contributed by atoms with Crippen LogP contribution in [0.4, 0.5) is 0 Å². The molecule has 0 saturated carbocycles. The van der Waals surface area contributed by atoms with E-state index in [4.69, 9.17) is 5.73 Å². The maximum Gasteiger partial charge on any atom is 0.231 e. The third kappa shape index (κ3) is 2.84. The van der Waals surface area contributed by atoms with Crippen molar-refractivity contribution in [2.24, 2.45) is 5.73 Å². The van der Waals surface area contributed by atoms with Gasteiger partial charge in [-0.3, -0.25) is 9.69 Å². The number of primary amides is 1. The van der Waals surface area contributed by atoms with Crippen LogP contribution in [-0.4, -0.2) is 30.9 Å². The summed E-state index contributed by atoms with van der Waals surface area (Å²) >= 11 is 0. The Morgan fingerprint density at radius 3 is 3.06 bits per heavy atom. The molecule has 3 N–H and O–H groups in total. The number of rotatable bonds is 3. The highest BCUT2D eigenvalue weighted by atomic mass is 16.1. The fourth-order valence-corrected chi connectivity index (χ4v) is 2.45. The number of carbonyl (C=O) groups is 1. The Morgan fingerprint density at radius 1 is 1.53 bits per heavy atom. The zero-order valence-electron chi connectivity index (χ0n) is 10.1. The van der Waals surface area contributed by atoms with E-state index in [0.717, 1.165) is 19.5 Å². The normalized spacial score (nSPS) is 19.8. The molecular weight excluding hydrogens is 214 g/mol. The van der Waals surface area contributed by atoms with Crippen LogP contribution in [0.15, 0.2) is 24.3 Å². The van der Waals surface area contributed by atoms with Gasteiger partial charge in [-0.05, 0) is 31.1 Å². The third-order valence-corrected chi connectivity index (χ3v) is 3.26. The number of nitrogens with zero attached hydrogens (tertiary/aromatic N) is 1. The van der Waals surface area contributed by atoms with Gasteiger partial charge >= 0.3 is 0 Å². The van der Waals surface area contributed by atoms with Gasteiger partial charge in [0, 0.05) is 12.6 Å². The second kappa shape index (κ2) is 5.29. The van der Waals surface area contributed by atoms with Crippen molar-refractivity contribution < 1.29 is 4.79 Å². The zero-order valence-corrected chi connectivity index (χ0v) is 10.1. The first-order valence-corrected chi connectivity index (χ1v) is 5.95. The van der Waals surface area contributed by atoms with E-state index in [2.05, 4.69) is 29.6 Å². The molecule has 0 aliphatic carbocycles. The summed E-state index contributed by atoms with van der Waals surface area (Å²) in [5, 5.41) is 3.40. The summed E-state index contributed by atoms with van der Waals surface area (Å²) < 4.78 is 0. The number of nitrogens with two attached hydrogens (primary N) is 1. The summed E-state index contributed by atoms with van der Waals surface area (Å²) in [7, 11) is 1.96. The van der Waals surface area contributed by atoms with Crippen molar-refractivity contribution in [1.29, 1.82) is 0 Å². The molecule has 92 valence electrons. The minimum absolute atomic E-state index is 0.272. The van der Waals surface area contributed by atoms with E-state index in [0.29, 0.717) is 6.54 Å². The van der Waals surface area contributed by atoms with Crippen molar-refractivity contribution in [3.63, 3.8) is 0 Å². The second-order valence-corrected chi connectivity index (χ2v) is 4.56. The van der Waals surface area contributed by atoms with Crippen molar-refractivity contribution >= 4 is 5.91 Å². The number of fused-ring (bicyclic) bond motifs is 1. The van der Waals surface area contributed by atoms with Crippen LogP contribution >= 0.6 is 0 Å². The summed E-state index contributed by atoms with van der Waals surface area (Å²) in [6, 6.07) is 8.66. The fraction of sp³-hybridized carbons (Fsp3) is 0.462. The Bertz CT molecular complexity index is 405. The molecule has 1 aliphatic rings. The van der Waals surface area contributed by atoms with Crippen LogP contribution in [0, 0.1) is 0 Å². The van der Waals surface area contributed by atoms with Gasteiger partial charge < -0.3 is 11.1 Å². The molecule has 2 rings (SSSR count). The lowest BCUT2D eigenvalue weighted by Gasteiger charge is -2.27. The standard InChI is InChI=1S/C13H19N3O/c1-16(9-13(14)17)12-6-7-15-8-10-4-2-3-5-11(10)12/h2-5,12,15H,6-9H2,1H3,(H2,14,17). The maximum absolute atomic E-state index is 11.0. The van der Waals surface area contributed by atoms with Crippen molar-refractivity contribution in [3.8, 4) is 0 Å². The van der Waals surface area contributed by atoms with E-state index in [1.807, 2.05) is 11.9 Å². The second-order valence-electron chi connectivity index (χ2n) is 4.56. The molecule has 0 fully saturated rings. The molecule has 0 spiro atoms. The van der Waals surface area contributed by atoms with E-state index in [9.17, 15) is 4.79 Å². The summed E-state index contributed by atoms with van der Waals surface area (Å²) in [6.45, 7) is 2.17. The largest absolute Gasteiger partial charge is 0.369 e. The fourth-order valence-electron chi connectivity index (χ4n) is 2.45. The molecule has 1 aromatic rings. The zero-order chi connectivity index (χ0) is 12.3. The van der Waals surface area contributed by atoms with Crippen LogP contribution in [0.3, 0.4) is 0 Å². The van der Waals surface area contributed by atoms with Crippen LogP contribution in [0.5, 0.6) is 0 Å². The highest BCUT2D eigenvalue weighted by Crippen LogP contribution is 2.27. The number of amides is 1. The molecule has 1 heterocycles. The van der Waals surface area contributed by atoms with Gasteiger partial charge in [-0.25, -0.2) is 0 Å². The first kappa shape index (κ1) is 12.1. The molecule has 1 aliphatic heterocycles. The van der Waals surface area contributed by atoms with Gasteiger partial charge in [0.15, 0.2) is 0 Å². The van der Waals surface area contributed by atoms with Crippen LogP contribution in [0.1, 0.15) is 23.6 Å². The van der Waals surface area contributed by atoms with Crippen molar-refractivity contribution in [2.75, 3.05) is 20.1 Å². The minimum atomic E-state index is -0.276. The molecule has 1 unspecified atom stereocenters. The Balaban J connectivity index is 2.25. The Labute approximate surface area is 102 Å². The molecule has 1 amide bonds. The molecule has 0 bridgehead atoms. The lowest BCUT2D eigenvalue weighted by molar-refractivity contribution is -0.119. The van der Waals surface area contributed by atoms with Crippen LogP contribution in [-0.2, 0) is 11.3 Å². The Kier molecular flexibility index (Phi) is 3.76.